The first-order valence-electron chi connectivity index (χ1n) is 4.08. The van der Waals surface area contributed by atoms with Crippen molar-refractivity contribution in [3.8, 4) is 0 Å². The molecule has 0 saturated heterocycles. The second kappa shape index (κ2) is 4.63. The monoisotopic (exact) mass is 219 g/mol. The van der Waals surface area contributed by atoms with Crippen LogP contribution in [0.4, 0.5) is 5.82 Å². The highest BCUT2D eigenvalue weighted by molar-refractivity contribution is 6.32. The molecule has 0 aliphatic carbocycles. The summed E-state index contributed by atoms with van der Waals surface area (Å²) in [6, 6.07) is 2.00. The number of hydrogen-bond donors (Lipinski definition) is 1. The quantitative estimate of drug-likeness (QED) is 0.628. The zero-order valence-electron chi connectivity index (χ0n) is 7.51. The maximum atomic E-state index is 5.70. The summed E-state index contributed by atoms with van der Waals surface area (Å²) in [7, 11) is 0. The van der Waals surface area contributed by atoms with E-state index in [2.05, 4.69) is 29.1 Å². The summed E-state index contributed by atoms with van der Waals surface area (Å²) in [5, 5.41) is 3.67. The van der Waals surface area contributed by atoms with E-state index in [1.165, 1.54) is 0 Å². The maximum absolute atomic E-state index is 5.70. The Kier molecular flexibility index (Phi) is 3.75. The van der Waals surface area contributed by atoms with Gasteiger partial charge in [-0.05, 0) is 24.9 Å². The highest BCUT2D eigenvalue weighted by atomic mass is 35.5. The predicted octanol–water partition coefficient (Wildman–Crippen LogP) is 2.99. The number of nitrogens with one attached hydrogen (secondary N) is 1. The van der Waals surface area contributed by atoms with Crippen LogP contribution in [0.25, 0.3) is 0 Å². The molecule has 1 rings (SSSR count). The van der Waals surface area contributed by atoms with Crippen molar-refractivity contribution in [1.29, 1.82) is 0 Å². The van der Waals surface area contributed by atoms with Crippen LogP contribution in [0.15, 0.2) is 6.07 Å². The summed E-state index contributed by atoms with van der Waals surface area (Å²) in [5.41, 5.74) is 0. The average molecular weight is 220 g/mol. The van der Waals surface area contributed by atoms with Crippen LogP contribution in [-0.2, 0) is 0 Å². The molecule has 0 saturated carbocycles. The number of aromatic nitrogens is 2. The van der Waals surface area contributed by atoms with Gasteiger partial charge in [-0.25, -0.2) is 9.97 Å². The molecule has 3 nitrogen and oxygen atoms in total. The molecule has 1 aromatic heterocycles. The zero-order valence-corrected chi connectivity index (χ0v) is 9.02. The summed E-state index contributed by atoms with van der Waals surface area (Å²) < 4.78 is 0. The minimum Gasteiger partial charge on any atom is -0.367 e. The summed E-state index contributed by atoms with van der Waals surface area (Å²) in [6.45, 7) is 4.14. The molecular formula is C8H11Cl2N3. The fourth-order valence-electron chi connectivity index (χ4n) is 0.818. The van der Waals surface area contributed by atoms with E-state index in [0.717, 1.165) is 6.42 Å². The van der Waals surface area contributed by atoms with Gasteiger partial charge in [0.1, 0.15) is 11.0 Å². The lowest BCUT2D eigenvalue weighted by atomic mass is 10.2. The van der Waals surface area contributed by atoms with E-state index < -0.39 is 0 Å². The van der Waals surface area contributed by atoms with Crippen molar-refractivity contribution in [3.05, 3.63) is 16.5 Å². The molecular weight excluding hydrogens is 209 g/mol. The van der Waals surface area contributed by atoms with Crippen LogP contribution in [0.5, 0.6) is 0 Å². The lowest BCUT2D eigenvalue weighted by Crippen LogP contribution is -2.14. The van der Waals surface area contributed by atoms with Gasteiger partial charge in [-0.1, -0.05) is 18.5 Å². The molecule has 1 heterocycles. The van der Waals surface area contributed by atoms with Gasteiger partial charge in [0.05, 0.1) is 0 Å². The molecule has 0 fully saturated rings. The third-order valence-electron chi connectivity index (χ3n) is 1.67. The largest absolute Gasteiger partial charge is 0.367 e. The Hall–Kier alpha value is -0.540. The Morgan fingerprint density at radius 1 is 1.46 bits per heavy atom. The van der Waals surface area contributed by atoms with E-state index in [9.17, 15) is 0 Å². The highest BCUT2D eigenvalue weighted by Crippen LogP contribution is 2.15. The summed E-state index contributed by atoms with van der Waals surface area (Å²) in [4.78, 5) is 7.73. The standard InChI is InChI=1S/C8H11Cl2N3/c1-3-5(2)11-7-4-6(9)12-8(10)13-7/h4-5H,3H2,1-2H3,(H,11,12,13)/t5-/m0/s1. The fraction of sp³-hybridized carbons (Fsp3) is 0.500. The van der Waals surface area contributed by atoms with E-state index in [-0.39, 0.29) is 5.28 Å². The van der Waals surface area contributed by atoms with Crippen molar-refractivity contribution in [1.82, 2.24) is 9.97 Å². The van der Waals surface area contributed by atoms with Gasteiger partial charge < -0.3 is 5.32 Å². The smallest absolute Gasteiger partial charge is 0.225 e. The third kappa shape index (κ3) is 3.36. The molecule has 0 aromatic carbocycles. The Balaban J connectivity index is 2.77. The first-order valence-corrected chi connectivity index (χ1v) is 4.84. The van der Waals surface area contributed by atoms with Crippen LogP contribution < -0.4 is 5.32 Å². The molecule has 0 radical (unpaired) electrons. The van der Waals surface area contributed by atoms with E-state index in [1.54, 1.807) is 6.07 Å². The van der Waals surface area contributed by atoms with Crippen molar-refractivity contribution >= 4 is 29.0 Å². The number of nitrogens with zero attached hydrogens (tertiary/aromatic N) is 2. The Labute approximate surface area is 87.5 Å². The Morgan fingerprint density at radius 3 is 2.69 bits per heavy atom. The molecule has 0 bridgehead atoms. The summed E-state index contributed by atoms with van der Waals surface area (Å²) in [6.07, 6.45) is 1.01. The summed E-state index contributed by atoms with van der Waals surface area (Å²) >= 11 is 11.3. The number of anilines is 1. The van der Waals surface area contributed by atoms with Gasteiger partial charge in [0.25, 0.3) is 0 Å². The molecule has 1 N–H and O–H groups in total. The molecule has 0 unspecified atom stereocenters. The van der Waals surface area contributed by atoms with E-state index >= 15 is 0 Å². The zero-order chi connectivity index (χ0) is 9.84. The minimum atomic E-state index is 0.165. The first-order chi connectivity index (χ1) is 6.11. The van der Waals surface area contributed by atoms with Crippen LogP contribution in [-0.4, -0.2) is 16.0 Å². The number of halogens is 2. The van der Waals surface area contributed by atoms with Crippen molar-refractivity contribution < 1.29 is 0 Å². The topological polar surface area (TPSA) is 37.8 Å². The van der Waals surface area contributed by atoms with Gasteiger partial charge in [0.2, 0.25) is 5.28 Å². The van der Waals surface area contributed by atoms with Crippen molar-refractivity contribution in [2.75, 3.05) is 5.32 Å². The van der Waals surface area contributed by atoms with E-state index in [1.807, 2.05) is 0 Å². The van der Waals surface area contributed by atoms with Crippen LogP contribution in [0, 0.1) is 0 Å². The van der Waals surface area contributed by atoms with Gasteiger partial charge in [0, 0.05) is 12.1 Å². The molecule has 1 atom stereocenters. The van der Waals surface area contributed by atoms with Crippen molar-refractivity contribution in [3.63, 3.8) is 0 Å². The third-order valence-corrected chi connectivity index (χ3v) is 2.04. The van der Waals surface area contributed by atoms with Gasteiger partial charge in [-0.2, -0.15) is 0 Å². The maximum Gasteiger partial charge on any atom is 0.225 e. The molecule has 1 aromatic rings. The lowest BCUT2D eigenvalue weighted by molar-refractivity contribution is 0.758. The predicted molar refractivity (Wildman–Crippen MR) is 55.4 cm³/mol. The summed E-state index contributed by atoms with van der Waals surface area (Å²) in [5.74, 6) is 0.666. The van der Waals surface area contributed by atoms with Gasteiger partial charge in [-0.3, -0.25) is 0 Å². The Morgan fingerprint density at radius 2 is 2.15 bits per heavy atom. The van der Waals surface area contributed by atoms with Crippen LogP contribution >= 0.6 is 23.2 Å². The van der Waals surface area contributed by atoms with Crippen LogP contribution in [0.3, 0.4) is 0 Å². The fourth-order valence-corrected chi connectivity index (χ4v) is 1.23. The van der Waals surface area contributed by atoms with Gasteiger partial charge in [-0.15, -0.1) is 0 Å². The second-order valence-electron chi connectivity index (χ2n) is 2.80. The molecule has 0 spiro atoms. The number of hydrogen-bond acceptors (Lipinski definition) is 3. The highest BCUT2D eigenvalue weighted by Gasteiger charge is 2.03. The first kappa shape index (κ1) is 10.5. The van der Waals surface area contributed by atoms with Gasteiger partial charge >= 0.3 is 0 Å². The second-order valence-corrected chi connectivity index (χ2v) is 3.52. The SMILES string of the molecule is CC[C@H](C)Nc1cc(Cl)nc(Cl)n1. The average Bonchev–Trinajstić information content (AvgIpc) is 2.02. The van der Waals surface area contributed by atoms with Crippen molar-refractivity contribution in [2.45, 2.75) is 26.3 Å². The molecule has 5 heteroatoms. The van der Waals surface area contributed by atoms with Crippen molar-refractivity contribution in [2.24, 2.45) is 0 Å². The molecule has 0 aliphatic rings. The Bertz CT molecular complexity index is 270. The molecule has 0 amide bonds. The number of rotatable bonds is 3. The van der Waals surface area contributed by atoms with E-state index in [4.69, 9.17) is 23.2 Å². The molecule has 0 aliphatic heterocycles. The molecule has 72 valence electrons. The molecule has 13 heavy (non-hydrogen) atoms. The van der Waals surface area contributed by atoms with E-state index in [0.29, 0.717) is 17.0 Å². The minimum absolute atomic E-state index is 0.165. The van der Waals surface area contributed by atoms with Gasteiger partial charge in [0.15, 0.2) is 0 Å². The normalized spacial score (nSPS) is 12.6. The van der Waals surface area contributed by atoms with Crippen LogP contribution in [0.1, 0.15) is 20.3 Å². The lowest BCUT2D eigenvalue weighted by Gasteiger charge is -2.11. The van der Waals surface area contributed by atoms with Crippen LogP contribution in [0.2, 0.25) is 10.4 Å².